The highest BCUT2D eigenvalue weighted by Gasteiger charge is 2.29. The first-order chi connectivity index (χ1) is 13.8. The quantitative estimate of drug-likeness (QED) is 0.535. The maximum absolute atomic E-state index is 12.9. The van der Waals surface area contributed by atoms with Gasteiger partial charge in [0.05, 0.1) is 0 Å². The number of carbonyl (C=O) groups excluding carboxylic acids is 1. The van der Waals surface area contributed by atoms with Crippen LogP contribution in [0.2, 0.25) is 0 Å². The van der Waals surface area contributed by atoms with E-state index < -0.39 is 5.60 Å². The van der Waals surface area contributed by atoms with Crippen LogP contribution in [0.3, 0.4) is 0 Å². The molecule has 1 amide bonds. The van der Waals surface area contributed by atoms with Gasteiger partial charge >= 0.3 is 6.09 Å². The van der Waals surface area contributed by atoms with Crippen molar-refractivity contribution in [3.63, 3.8) is 0 Å². The molecule has 0 saturated heterocycles. The van der Waals surface area contributed by atoms with Gasteiger partial charge < -0.3 is 14.4 Å². The predicted molar refractivity (Wildman–Crippen MR) is 118 cm³/mol. The first kappa shape index (κ1) is 21.2. The zero-order valence-corrected chi connectivity index (χ0v) is 17.9. The Morgan fingerprint density at radius 1 is 1.07 bits per heavy atom. The van der Waals surface area contributed by atoms with Gasteiger partial charge in [0.2, 0.25) is 0 Å². The van der Waals surface area contributed by atoms with Crippen LogP contribution in [0.25, 0.3) is 10.8 Å². The second-order valence-electron chi connectivity index (χ2n) is 8.92. The molecule has 0 bridgehead atoms. The Morgan fingerprint density at radius 2 is 1.76 bits per heavy atom. The molecule has 0 unspecified atom stereocenters. The summed E-state index contributed by atoms with van der Waals surface area (Å²) in [6, 6.07) is 14.4. The first-order valence-corrected chi connectivity index (χ1v) is 10.6. The average Bonchev–Trinajstić information content (AvgIpc) is 2.69. The molecular formula is C25H33NO3. The molecule has 1 fully saturated rings. The highest BCUT2D eigenvalue weighted by Crippen LogP contribution is 2.27. The summed E-state index contributed by atoms with van der Waals surface area (Å²) in [6.07, 6.45) is 5.35. The van der Waals surface area contributed by atoms with Crippen LogP contribution in [-0.4, -0.2) is 35.8 Å². The lowest BCUT2D eigenvalue weighted by Gasteiger charge is -2.36. The maximum Gasteiger partial charge on any atom is 0.410 e. The van der Waals surface area contributed by atoms with Crippen molar-refractivity contribution in [2.24, 2.45) is 0 Å². The molecule has 29 heavy (non-hydrogen) atoms. The van der Waals surface area contributed by atoms with Gasteiger partial charge in [-0.2, -0.15) is 0 Å². The maximum atomic E-state index is 12.9. The minimum absolute atomic E-state index is 0.216. The molecule has 0 aromatic heterocycles. The van der Waals surface area contributed by atoms with Crippen molar-refractivity contribution in [1.29, 1.82) is 0 Å². The van der Waals surface area contributed by atoms with E-state index in [1.807, 2.05) is 49.9 Å². The van der Waals surface area contributed by atoms with Crippen molar-refractivity contribution in [2.75, 3.05) is 13.2 Å². The lowest BCUT2D eigenvalue weighted by molar-refractivity contribution is 0.0141. The summed E-state index contributed by atoms with van der Waals surface area (Å²) < 4.78 is 11.8. The number of amides is 1. The van der Waals surface area contributed by atoms with Crippen LogP contribution < -0.4 is 4.74 Å². The molecule has 4 heteroatoms. The Labute approximate surface area is 174 Å². The molecule has 0 N–H and O–H groups in total. The summed E-state index contributed by atoms with van der Waals surface area (Å²) in [5, 5.41) is 2.23. The fourth-order valence-electron chi connectivity index (χ4n) is 3.84. The molecule has 2 aromatic carbocycles. The second-order valence-corrected chi connectivity index (χ2v) is 8.92. The Balaban J connectivity index is 1.66. The van der Waals surface area contributed by atoms with Gasteiger partial charge in [-0.25, -0.2) is 4.79 Å². The van der Waals surface area contributed by atoms with Gasteiger partial charge in [-0.3, -0.25) is 0 Å². The van der Waals surface area contributed by atoms with Crippen LogP contribution >= 0.6 is 0 Å². The minimum atomic E-state index is -0.509. The summed E-state index contributed by atoms with van der Waals surface area (Å²) in [7, 11) is 0. The molecule has 0 heterocycles. The number of hydrogen-bond acceptors (Lipinski definition) is 3. The van der Waals surface area contributed by atoms with E-state index in [4.69, 9.17) is 9.47 Å². The van der Waals surface area contributed by atoms with Gasteiger partial charge in [0.25, 0.3) is 0 Å². The van der Waals surface area contributed by atoms with Gasteiger partial charge in [-0.1, -0.05) is 62.2 Å². The van der Waals surface area contributed by atoms with E-state index in [1.165, 1.54) is 6.42 Å². The summed E-state index contributed by atoms with van der Waals surface area (Å²) >= 11 is 0. The fraction of sp³-hybridized carbons (Fsp3) is 0.480. The van der Waals surface area contributed by atoms with E-state index in [0.29, 0.717) is 13.2 Å². The topological polar surface area (TPSA) is 38.8 Å². The monoisotopic (exact) mass is 395 g/mol. The highest BCUT2D eigenvalue weighted by atomic mass is 16.6. The summed E-state index contributed by atoms with van der Waals surface area (Å²) in [6.45, 7) is 10.7. The smallest absolute Gasteiger partial charge is 0.410 e. The molecule has 3 rings (SSSR count). The molecule has 0 spiro atoms. The first-order valence-electron chi connectivity index (χ1n) is 10.6. The number of carbonyl (C=O) groups is 1. The zero-order valence-electron chi connectivity index (χ0n) is 17.9. The number of rotatable bonds is 6. The summed E-state index contributed by atoms with van der Waals surface area (Å²) in [4.78, 5) is 14.7. The number of nitrogens with zero attached hydrogens (tertiary/aromatic N) is 1. The summed E-state index contributed by atoms with van der Waals surface area (Å²) in [5.74, 6) is 0.839. The molecule has 0 atom stereocenters. The van der Waals surface area contributed by atoms with Crippen LogP contribution in [0.5, 0.6) is 5.75 Å². The number of fused-ring (bicyclic) bond motifs is 1. The fourth-order valence-corrected chi connectivity index (χ4v) is 3.84. The molecule has 2 aromatic rings. The van der Waals surface area contributed by atoms with Crippen molar-refractivity contribution in [1.82, 2.24) is 4.90 Å². The van der Waals surface area contributed by atoms with Crippen molar-refractivity contribution in [3.8, 4) is 5.75 Å². The molecule has 0 aliphatic heterocycles. The number of hydrogen-bond donors (Lipinski definition) is 0. The third-order valence-corrected chi connectivity index (χ3v) is 5.22. The number of ether oxygens (including phenoxy) is 2. The van der Waals surface area contributed by atoms with E-state index in [9.17, 15) is 4.79 Å². The Kier molecular flexibility index (Phi) is 6.83. The minimum Gasteiger partial charge on any atom is -0.489 e. The summed E-state index contributed by atoms with van der Waals surface area (Å²) in [5.41, 5.74) is 0.361. The van der Waals surface area contributed by atoms with Gasteiger partial charge in [0.1, 0.15) is 18.0 Å². The zero-order chi connectivity index (χ0) is 20.9. The Hall–Kier alpha value is -2.49. The molecule has 4 nitrogen and oxygen atoms in total. The Bertz CT molecular complexity index is 841. The van der Waals surface area contributed by atoms with E-state index in [-0.39, 0.29) is 12.1 Å². The van der Waals surface area contributed by atoms with E-state index >= 15 is 0 Å². The van der Waals surface area contributed by atoms with E-state index in [1.54, 1.807) is 0 Å². The third kappa shape index (κ3) is 5.99. The van der Waals surface area contributed by atoms with E-state index in [0.717, 1.165) is 47.8 Å². The van der Waals surface area contributed by atoms with Crippen LogP contribution in [0, 0.1) is 0 Å². The lowest BCUT2D eigenvalue weighted by atomic mass is 9.94. The van der Waals surface area contributed by atoms with Crippen molar-refractivity contribution >= 4 is 16.9 Å². The van der Waals surface area contributed by atoms with Gasteiger partial charge in [-0.05, 0) is 50.6 Å². The van der Waals surface area contributed by atoms with Crippen LogP contribution in [0.15, 0.2) is 54.6 Å². The standard InChI is InChI=1S/C25H33NO3/c1-19(18-28-23-16-10-12-20-11-8-9-15-22(20)23)17-26(21-13-6-5-7-14-21)24(27)29-25(2,3)4/h8-12,15-16,21H,1,5-7,13-14,17-18H2,2-4H3. The molecular weight excluding hydrogens is 362 g/mol. The number of benzene rings is 2. The Morgan fingerprint density at radius 3 is 2.48 bits per heavy atom. The normalized spacial score (nSPS) is 15.1. The van der Waals surface area contributed by atoms with Crippen LogP contribution in [0.1, 0.15) is 52.9 Å². The van der Waals surface area contributed by atoms with Gasteiger partial charge in [0.15, 0.2) is 0 Å². The third-order valence-electron chi connectivity index (χ3n) is 5.22. The lowest BCUT2D eigenvalue weighted by Crippen LogP contribution is -2.45. The highest BCUT2D eigenvalue weighted by molar-refractivity contribution is 5.88. The molecule has 1 saturated carbocycles. The second kappa shape index (κ2) is 9.34. The average molecular weight is 396 g/mol. The van der Waals surface area contributed by atoms with Crippen LogP contribution in [0.4, 0.5) is 4.79 Å². The molecule has 156 valence electrons. The SMILES string of the molecule is C=C(COc1cccc2ccccc12)CN(C(=O)OC(C)(C)C)C1CCCCC1. The van der Waals surface area contributed by atoms with Crippen molar-refractivity contribution in [2.45, 2.75) is 64.5 Å². The van der Waals surface area contributed by atoms with Gasteiger partial charge in [0, 0.05) is 18.0 Å². The van der Waals surface area contributed by atoms with Crippen molar-refractivity contribution < 1.29 is 14.3 Å². The molecule has 0 radical (unpaired) electrons. The van der Waals surface area contributed by atoms with Crippen molar-refractivity contribution in [3.05, 3.63) is 54.6 Å². The van der Waals surface area contributed by atoms with Gasteiger partial charge in [-0.15, -0.1) is 0 Å². The van der Waals surface area contributed by atoms with Crippen LogP contribution in [-0.2, 0) is 4.74 Å². The van der Waals surface area contributed by atoms with E-state index in [2.05, 4.69) is 24.8 Å². The largest absolute Gasteiger partial charge is 0.489 e. The predicted octanol–water partition coefficient (Wildman–Crippen LogP) is 6.34. The molecule has 1 aliphatic rings. The molecule has 1 aliphatic carbocycles.